The summed E-state index contributed by atoms with van der Waals surface area (Å²) in [4.78, 5) is 8.38. The number of alkyl halides is 2. The lowest BCUT2D eigenvalue weighted by atomic mass is 10.2. The predicted octanol–water partition coefficient (Wildman–Crippen LogP) is 1.36. The van der Waals surface area contributed by atoms with Crippen molar-refractivity contribution in [1.82, 2.24) is 15.1 Å². The van der Waals surface area contributed by atoms with Gasteiger partial charge in [0.05, 0.1) is 16.8 Å². The van der Waals surface area contributed by atoms with Gasteiger partial charge < -0.3 is 9.63 Å². The van der Waals surface area contributed by atoms with Crippen LogP contribution in [0, 0.1) is 0 Å². The molecule has 0 saturated carbocycles. The quantitative estimate of drug-likeness (QED) is 0.883. The zero-order chi connectivity index (χ0) is 11.5. The van der Waals surface area contributed by atoms with Crippen molar-refractivity contribution in [3.05, 3.63) is 17.6 Å². The van der Waals surface area contributed by atoms with Crippen LogP contribution in [0.3, 0.4) is 0 Å². The second kappa shape index (κ2) is 4.62. The Morgan fingerprint density at radius 3 is 2.94 bits per heavy atom. The first kappa shape index (κ1) is 11.1. The molecule has 0 fully saturated rings. The fraction of sp³-hybridized carbons (Fsp3) is 0.375. The van der Waals surface area contributed by atoms with Crippen LogP contribution < -0.4 is 0 Å². The maximum atomic E-state index is 12.0. The fourth-order valence-electron chi connectivity index (χ4n) is 1.03. The average Bonchev–Trinajstić information content (AvgIpc) is 2.85. The van der Waals surface area contributed by atoms with Crippen LogP contribution in [0.5, 0.6) is 0 Å². The highest BCUT2D eigenvalue weighted by molar-refractivity contribution is 7.13. The first-order valence-electron chi connectivity index (χ1n) is 4.34. The molecule has 0 aromatic carbocycles. The van der Waals surface area contributed by atoms with Gasteiger partial charge in [-0.2, -0.15) is 4.98 Å². The average molecular weight is 247 g/mol. The summed E-state index contributed by atoms with van der Waals surface area (Å²) in [5.74, 6) is 0.273. The summed E-state index contributed by atoms with van der Waals surface area (Å²) in [5.41, 5.74) is 1.60. The van der Waals surface area contributed by atoms with Gasteiger partial charge in [0.25, 0.3) is 6.43 Å². The van der Waals surface area contributed by atoms with Crippen molar-refractivity contribution < 1.29 is 18.4 Å². The minimum atomic E-state index is -2.82. The van der Waals surface area contributed by atoms with Crippen LogP contribution in [0.25, 0.3) is 10.7 Å². The van der Waals surface area contributed by atoms with E-state index in [1.165, 1.54) is 11.3 Å². The largest absolute Gasteiger partial charge is 0.387 e. The molecule has 1 atom stereocenters. The summed E-state index contributed by atoms with van der Waals surface area (Å²) in [5, 5.41) is 12.5. The van der Waals surface area contributed by atoms with Crippen LogP contribution in [0.2, 0.25) is 0 Å². The van der Waals surface area contributed by atoms with Gasteiger partial charge in [0.1, 0.15) is 6.10 Å². The third kappa shape index (κ3) is 2.39. The number of halogens is 2. The van der Waals surface area contributed by atoms with Crippen LogP contribution in [0.1, 0.15) is 5.89 Å². The number of nitrogens with zero attached hydrogens (tertiary/aromatic N) is 3. The molecule has 0 saturated heterocycles. The van der Waals surface area contributed by atoms with E-state index < -0.39 is 12.5 Å². The highest BCUT2D eigenvalue weighted by Gasteiger charge is 2.21. The Morgan fingerprint density at radius 1 is 1.50 bits per heavy atom. The van der Waals surface area contributed by atoms with Gasteiger partial charge in [-0.15, -0.1) is 11.3 Å². The molecule has 0 aliphatic carbocycles. The molecule has 86 valence electrons. The molecule has 0 spiro atoms. The van der Waals surface area contributed by atoms with E-state index in [1.54, 1.807) is 11.7 Å². The van der Waals surface area contributed by atoms with Crippen LogP contribution in [-0.2, 0) is 6.42 Å². The monoisotopic (exact) mass is 247 g/mol. The molecular weight excluding hydrogens is 240 g/mol. The van der Waals surface area contributed by atoms with Crippen molar-refractivity contribution in [3.8, 4) is 10.7 Å². The standard InChI is InChI=1S/C8H7F2N3O2S/c9-7(10)4(14)1-6-12-8(13-15-6)5-2-11-3-16-5/h2-4,7,14H,1H2. The number of aliphatic hydroxyl groups is 1. The van der Waals surface area contributed by atoms with E-state index in [9.17, 15) is 8.78 Å². The Hall–Kier alpha value is -1.41. The summed E-state index contributed by atoms with van der Waals surface area (Å²) in [6.45, 7) is 0. The second-order valence-electron chi connectivity index (χ2n) is 2.98. The Balaban J connectivity index is 2.08. The molecular formula is C8H7F2N3O2S. The molecule has 8 heteroatoms. The lowest BCUT2D eigenvalue weighted by Gasteiger charge is -2.04. The van der Waals surface area contributed by atoms with Gasteiger partial charge in [0, 0.05) is 6.20 Å². The van der Waals surface area contributed by atoms with Gasteiger partial charge >= 0.3 is 0 Å². The summed E-state index contributed by atoms with van der Waals surface area (Å²) < 4.78 is 28.8. The number of thiazole rings is 1. The molecule has 16 heavy (non-hydrogen) atoms. The van der Waals surface area contributed by atoms with Gasteiger partial charge in [-0.3, -0.25) is 4.98 Å². The molecule has 0 aliphatic rings. The second-order valence-corrected chi connectivity index (χ2v) is 3.87. The fourth-order valence-corrected chi connectivity index (χ4v) is 1.58. The molecule has 2 rings (SSSR count). The smallest absolute Gasteiger partial charge is 0.264 e. The van der Waals surface area contributed by atoms with Crippen LogP contribution >= 0.6 is 11.3 Å². The zero-order valence-electron chi connectivity index (χ0n) is 7.88. The van der Waals surface area contributed by atoms with Crippen LogP contribution in [-0.4, -0.2) is 32.8 Å². The van der Waals surface area contributed by atoms with Gasteiger partial charge in [-0.05, 0) is 0 Å². The van der Waals surface area contributed by atoms with Crippen molar-refractivity contribution in [2.24, 2.45) is 0 Å². The highest BCUT2D eigenvalue weighted by Crippen LogP contribution is 2.20. The molecule has 0 radical (unpaired) electrons. The molecule has 0 aliphatic heterocycles. The molecule has 2 heterocycles. The maximum Gasteiger partial charge on any atom is 0.264 e. The minimum Gasteiger partial charge on any atom is -0.387 e. The highest BCUT2D eigenvalue weighted by atomic mass is 32.1. The van der Waals surface area contributed by atoms with Crippen molar-refractivity contribution in [2.45, 2.75) is 19.0 Å². The molecule has 5 nitrogen and oxygen atoms in total. The summed E-state index contributed by atoms with van der Waals surface area (Å²) in [6, 6.07) is 0. The van der Waals surface area contributed by atoms with Gasteiger partial charge in [-0.1, -0.05) is 5.16 Å². The van der Waals surface area contributed by atoms with E-state index in [0.717, 1.165) is 0 Å². The van der Waals surface area contributed by atoms with Crippen molar-refractivity contribution in [1.29, 1.82) is 0 Å². The minimum absolute atomic E-state index is 0.0174. The Morgan fingerprint density at radius 2 is 2.31 bits per heavy atom. The number of hydrogen-bond acceptors (Lipinski definition) is 6. The van der Waals surface area contributed by atoms with E-state index in [4.69, 9.17) is 9.63 Å². The third-order valence-electron chi connectivity index (χ3n) is 1.80. The summed E-state index contributed by atoms with van der Waals surface area (Å²) in [7, 11) is 0. The number of rotatable bonds is 4. The zero-order valence-corrected chi connectivity index (χ0v) is 8.69. The Labute approximate surface area is 92.8 Å². The van der Waals surface area contributed by atoms with E-state index in [2.05, 4.69) is 15.1 Å². The lowest BCUT2D eigenvalue weighted by Crippen LogP contribution is -2.20. The van der Waals surface area contributed by atoms with Gasteiger partial charge in [0.15, 0.2) is 0 Å². The third-order valence-corrected chi connectivity index (χ3v) is 2.56. The van der Waals surface area contributed by atoms with Crippen LogP contribution in [0.15, 0.2) is 16.2 Å². The topological polar surface area (TPSA) is 72.0 Å². The lowest BCUT2D eigenvalue weighted by molar-refractivity contribution is -0.00754. The number of hydrogen-bond donors (Lipinski definition) is 1. The molecule has 0 bridgehead atoms. The maximum absolute atomic E-state index is 12.0. The SMILES string of the molecule is OC(Cc1nc(-c2cncs2)no1)C(F)F. The van der Waals surface area contributed by atoms with Crippen molar-refractivity contribution in [3.63, 3.8) is 0 Å². The van der Waals surface area contributed by atoms with E-state index in [0.29, 0.717) is 10.7 Å². The predicted molar refractivity (Wildman–Crippen MR) is 51.1 cm³/mol. The molecule has 2 aromatic rings. The molecule has 1 unspecified atom stereocenters. The molecule has 1 N–H and O–H groups in total. The first-order chi connectivity index (χ1) is 7.66. The van der Waals surface area contributed by atoms with Crippen LogP contribution in [0.4, 0.5) is 8.78 Å². The number of aliphatic hydroxyl groups excluding tert-OH is 1. The van der Waals surface area contributed by atoms with E-state index in [-0.39, 0.29) is 12.3 Å². The molecule has 0 amide bonds. The van der Waals surface area contributed by atoms with E-state index >= 15 is 0 Å². The van der Waals surface area contributed by atoms with Crippen molar-refractivity contribution >= 4 is 11.3 Å². The van der Waals surface area contributed by atoms with Crippen molar-refractivity contribution in [2.75, 3.05) is 0 Å². The Bertz CT molecular complexity index is 446. The number of aromatic nitrogens is 3. The normalized spacial score (nSPS) is 13.2. The summed E-state index contributed by atoms with van der Waals surface area (Å²) >= 11 is 1.31. The molecule has 2 aromatic heterocycles. The summed E-state index contributed by atoms with van der Waals surface area (Å²) in [6.07, 6.45) is -3.42. The first-order valence-corrected chi connectivity index (χ1v) is 5.22. The van der Waals surface area contributed by atoms with E-state index in [1.807, 2.05) is 0 Å². The van der Waals surface area contributed by atoms with Gasteiger partial charge in [0.2, 0.25) is 11.7 Å². The van der Waals surface area contributed by atoms with Gasteiger partial charge in [-0.25, -0.2) is 8.78 Å². The Kier molecular flexibility index (Phi) is 3.20.